The molecule has 0 fully saturated rings. The van der Waals surface area contributed by atoms with E-state index in [1.54, 1.807) is 0 Å². The van der Waals surface area contributed by atoms with Crippen molar-refractivity contribution in [1.82, 2.24) is 0 Å². The van der Waals surface area contributed by atoms with Crippen LogP contribution in [0.4, 0.5) is 13.2 Å². The molecule has 0 aliphatic carbocycles. The summed E-state index contributed by atoms with van der Waals surface area (Å²) in [6.07, 6.45) is 0. The van der Waals surface area contributed by atoms with Gasteiger partial charge in [0.15, 0.2) is 5.75 Å². The van der Waals surface area contributed by atoms with Gasteiger partial charge in [-0.3, -0.25) is 4.79 Å². The average molecular weight is 206 g/mol. The lowest BCUT2D eigenvalue weighted by atomic mass is 10.8. The van der Waals surface area contributed by atoms with Crippen LogP contribution in [0.1, 0.15) is 0 Å². The summed E-state index contributed by atoms with van der Waals surface area (Å²) in [5.41, 5.74) is -5.40. The van der Waals surface area contributed by atoms with Crippen molar-refractivity contribution in [2.45, 2.75) is 5.51 Å². The van der Waals surface area contributed by atoms with Crippen LogP contribution in [0.15, 0.2) is 0 Å². The molecule has 0 rings (SSSR count). The minimum absolute atomic E-state index is 0.800. The van der Waals surface area contributed by atoms with Crippen LogP contribution in [0.2, 0.25) is 0 Å². The Morgan fingerprint density at radius 2 is 1.83 bits per heavy atom. The third kappa shape index (κ3) is 2.68. The first kappa shape index (κ1) is 11.2. The molecule has 8 heteroatoms. The molecule has 0 radical (unpaired) electrons. The zero-order valence-electron chi connectivity index (χ0n) is 5.88. The number of alkyl halides is 3. The normalized spacial score (nSPS) is 12.7. The molecule has 0 aromatic carbocycles. The predicted octanol–water partition coefficient (Wildman–Crippen LogP) is 0.0940. The van der Waals surface area contributed by atoms with Crippen molar-refractivity contribution in [2.24, 2.45) is 0 Å². The number of halogens is 3. The van der Waals surface area contributed by atoms with Gasteiger partial charge in [0.1, 0.15) is 0 Å². The van der Waals surface area contributed by atoms with Crippen molar-refractivity contribution in [3.05, 3.63) is 0 Å². The molecule has 0 saturated carbocycles. The summed E-state index contributed by atoms with van der Waals surface area (Å²) in [6.45, 7) is 0. The Morgan fingerprint density at radius 3 is 2.08 bits per heavy atom. The lowest BCUT2D eigenvalue weighted by Crippen LogP contribution is -2.30. The first-order valence-corrected chi connectivity index (χ1v) is 4.22. The molecule has 0 N–H and O–H groups in total. The van der Waals surface area contributed by atoms with Gasteiger partial charge in [-0.2, -0.15) is 13.2 Å². The van der Waals surface area contributed by atoms with Crippen molar-refractivity contribution < 1.29 is 31.1 Å². The van der Waals surface area contributed by atoms with Gasteiger partial charge < -0.3 is 4.74 Å². The highest BCUT2D eigenvalue weighted by Crippen LogP contribution is 2.23. The number of esters is 1. The molecule has 0 aromatic rings. The molecule has 72 valence electrons. The molecule has 12 heavy (non-hydrogen) atoms. The quantitative estimate of drug-likeness (QED) is 0.601. The van der Waals surface area contributed by atoms with Gasteiger partial charge in [0.2, 0.25) is 0 Å². The number of hydrogen-bond acceptors (Lipinski definition) is 4. The summed E-state index contributed by atoms with van der Waals surface area (Å²) in [5, 5.41) is 0. The van der Waals surface area contributed by atoms with Crippen molar-refractivity contribution in [3.63, 3.8) is 0 Å². The maximum atomic E-state index is 11.5. The number of carbonyl (C=O) groups is 1. The van der Waals surface area contributed by atoms with Crippen LogP contribution in [-0.4, -0.2) is 32.8 Å². The fourth-order valence-corrected chi connectivity index (χ4v) is 0.888. The summed E-state index contributed by atoms with van der Waals surface area (Å²) in [7, 11) is -4.58. The van der Waals surface area contributed by atoms with Crippen molar-refractivity contribution >= 4 is 15.8 Å². The minimum atomic E-state index is -5.40. The van der Waals surface area contributed by atoms with Crippen LogP contribution in [0.5, 0.6) is 0 Å². The Balaban J connectivity index is 4.58. The van der Waals surface area contributed by atoms with Crippen LogP contribution >= 0.6 is 0 Å². The average Bonchev–Trinajstić information content (AvgIpc) is 1.84. The Kier molecular flexibility index (Phi) is 3.08. The maximum absolute atomic E-state index is 11.5. The molecule has 0 saturated heterocycles. The second-order valence-electron chi connectivity index (χ2n) is 1.78. The lowest BCUT2D eigenvalue weighted by Gasteiger charge is -2.05. The number of ether oxygens (including phenoxy) is 1. The SMILES string of the molecule is COC(=O)CS(=O)(=O)C(F)(F)F. The monoisotopic (exact) mass is 206 g/mol. The van der Waals surface area contributed by atoms with E-state index in [0.717, 1.165) is 7.11 Å². The number of rotatable bonds is 2. The fraction of sp³-hybridized carbons (Fsp3) is 0.750. The van der Waals surface area contributed by atoms with E-state index in [0.29, 0.717) is 0 Å². The van der Waals surface area contributed by atoms with Gasteiger partial charge in [-0.05, 0) is 0 Å². The lowest BCUT2D eigenvalue weighted by molar-refractivity contribution is -0.137. The zero-order valence-corrected chi connectivity index (χ0v) is 6.70. The smallest absolute Gasteiger partial charge is 0.468 e. The first-order valence-electron chi connectivity index (χ1n) is 2.56. The number of methoxy groups -OCH3 is 1. The minimum Gasteiger partial charge on any atom is -0.468 e. The van der Waals surface area contributed by atoms with Gasteiger partial charge in [-0.15, -0.1) is 0 Å². The summed E-state index contributed by atoms with van der Waals surface area (Å²) >= 11 is 0. The number of sulfone groups is 1. The highest BCUT2D eigenvalue weighted by molar-refractivity contribution is 7.92. The van der Waals surface area contributed by atoms with Gasteiger partial charge in [-0.1, -0.05) is 0 Å². The highest BCUT2D eigenvalue weighted by atomic mass is 32.2. The van der Waals surface area contributed by atoms with E-state index in [2.05, 4.69) is 4.74 Å². The van der Waals surface area contributed by atoms with E-state index in [-0.39, 0.29) is 0 Å². The Morgan fingerprint density at radius 1 is 1.42 bits per heavy atom. The molecule has 0 aliphatic heterocycles. The first-order chi connectivity index (χ1) is 5.20. The van der Waals surface area contributed by atoms with Crippen molar-refractivity contribution in [3.8, 4) is 0 Å². The van der Waals surface area contributed by atoms with Crippen LogP contribution in [0.3, 0.4) is 0 Å². The molecule has 0 bridgehead atoms. The molecule has 0 atom stereocenters. The number of carbonyl (C=O) groups excluding carboxylic acids is 1. The van der Waals surface area contributed by atoms with Gasteiger partial charge >= 0.3 is 11.5 Å². The Labute approximate surface area is 66.2 Å². The van der Waals surface area contributed by atoms with E-state index in [1.165, 1.54) is 0 Å². The molecule has 0 aliphatic rings. The van der Waals surface area contributed by atoms with Crippen LogP contribution in [0, 0.1) is 0 Å². The van der Waals surface area contributed by atoms with E-state index >= 15 is 0 Å². The summed E-state index contributed by atoms with van der Waals surface area (Å²) in [6, 6.07) is 0. The van der Waals surface area contributed by atoms with Gasteiger partial charge in [0.05, 0.1) is 7.11 Å². The van der Waals surface area contributed by atoms with Crippen LogP contribution < -0.4 is 0 Å². The summed E-state index contributed by atoms with van der Waals surface area (Å²) < 4.78 is 58.8. The predicted molar refractivity (Wildman–Crippen MR) is 31.9 cm³/mol. The topological polar surface area (TPSA) is 60.4 Å². The molecule has 4 nitrogen and oxygen atoms in total. The third-order valence-electron chi connectivity index (χ3n) is 0.888. The second kappa shape index (κ2) is 3.30. The van der Waals surface area contributed by atoms with E-state index in [1.807, 2.05) is 0 Å². The van der Waals surface area contributed by atoms with E-state index < -0.39 is 27.1 Å². The second-order valence-corrected chi connectivity index (χ2v) is 3.76. The Hall–Kier alpha value is -0.790. The van der Waals surface area contributed by atoms with E-state index in [9.17, 15) is 26.4 Å². The fourth-order valence-electron chi connectivity index (χ4n) is 0.296. The van der Waals surface area contributed by atoms with Gasteiger partial charge in [0.25, 0.3) is 9.84 Å². The molecular weight excluding hydrogens is 201 g/mol. The summed E-state index contributed by atoms with van der Waals surface area (Å²) in [5.74, 6) is -3.11. The standard InChI is InChI=1S/C4H5F3O4S/c1-11-3(8)2-12(9,10)4(5,6)7/h2H2,1H3. The summed E-state index contributed by atoms with van der Waals surface area (Å²) in [4.78, 5) is 10.2. The molecule has 0 aromatic heterocycles. The number of hydrogen-bond donors (Lipinski definition) is 0. The van der Waals surface area contributed by atoms with Gasteiger partial charge in [-0.25, -0.2) is 8.42 Å². The zero-order chi connectivity index (χ0) is 9.99. The third-order valence-corrected chi connectivity index (χ3v) is 2.21. The molecule has 0 heterocycles. The van der Waals surface area contributed by atoms with Gasteiger partial charge in [0, 0.05) is 0 Å². The van der Waals surface area contributed by atoms with Crippen LogP contribution in [-0.2, 0) is 19.4 Å². The van der Waals surface area contributed by atoms with E-state index in [4.69, 9.17) is 0 Å². The van der Waals surface area contributed by atoms with Crippen LogP contribution in [0.25, 0.3) is 0 Å². The molecule has 0 amide bonds. The molecular formula is C4H5F3O4S. The Bertz CT molecular complexity index is 265. The largest absolute Gasteiger partial charge is 0.497 e. The molecule has 0 unspecified atom stereocenters. The highest BCUT2D eigenvalue weighted by Gasteiger charge is 2.46. The van der Waals surface area contributed by atoms with Crippen molar-refractivity contribution in [2.75, 3.05) is 12.9 Å². The molecule has 0 spiro atoms. The van der Waals surface area contributed by atoms with Crippen molar-refractivity contribution in [1.29, 1.82) is 0 Å². The maximum Gasteiger partial charge on any atom is 0.497 e.